The van der Waals surface area contributed by atoms with Gasteiger partial charge >= 0.3 is 12.1 Å². The first-order chi connectivity index (χ1) is 7.07. The van der Waals surface area contributed by atoms with Crippen LogP contribution in [0, 0.1) is 6.92 Å². The van der Waals surface area contributed by atoms with Gasteiger partial charge < -0.3 is 0 Å². The van der Waals surface area contributed by atoms with E-state index in [4.69, 9.17) is 11.6 Å². The highest BCUT2D eigenvalue weighted by molar-refractivity contribution is 9.11. The molecular formula is C8H5BrClF5S. The second-order valence-electron chi connectivity index (χ2n) is 3.09. The first kappa shape index (κ1) is 14.2. The summed E-state index contributed by atoms with van der Waals surface area (Å²) in [5.41, 5.74) is 0.573. The van der Waals surface area contributed by atoms with Gasteiger partial charge in [-0.25, -0.2) is 0 Å². The summed E-state index contributed by atoms with van der Waals surface area (Å²) in [6.07, 6.45) is -5.65. The Labute approximate surface area is 106 Å². The van der Waals surface area contributed by atoms with Gasteiger partial charge in [-0.2, -0.15) is 22.0 Å². The maximum absolute atomic E-state index is 12.9. The summed E-state index contributed by atoms with van der Waals surface area (Å²) in [5.74, 6) is -4.94. The second kappa shape index (κ2) is 4.42. The molecule has 1 aromatic heterocycles. The molecule has 0 radical (unpaired) electrons. The predicted octanol–water partition coefficient (Wildman–Crippen LogP) is 5.30. The van der Waals surface area contributed by atoms with Crippen LogP contribution in [0.1, 0.15) is 15.8 Å². The molecule has 0 nitrogen and oxygen atoms in total. The average Bonchev–Trinajstić information content (AvgIpc) is 2.43. The zero-order valence-corrected chi connectivity index (χ0v) is 10.9. The smallest absolute Gasteiger partial charge is 0.194 e. The van der Waals surface area contributed by atoms with Crippen LogP contribution in [0.15, 0.2) is 9.85 Å². The van der Waals surface area contributed by atoms with Crippen molar-refractivity contribution in [3.05, 3.63) is 20.3 Å². The number of halogens is 7. The van der Waals surface area contributed by atoms with E-state index in [-0.39, 0.29) is 4.88 Å². The van der Waals surface area contributed by atoms with Gasteiger partial charge in [0, 0.05) is 4.88 Å². The number of aryl methyl sites for hydroxylation is 1. The van der Waals surface area contributed by atoms with Crippen molar-refractivity contribution < 1.29 is 22.0 Å². The normalized spacial score (nSPS) is 15.2. The Hall–Kier alpha value is 0.120. The van der Waals surface area contributed by atoms with Crippen molar-refractivity contribution in [1.82, 2.24) is 0 Å². The first-order valence-electron chi connectivity index (χ1n) is 3.92. The van der Waals surface area contributed by atoms with Crippen LogP contribution < -0.4 is 0 Å². The topological polar surface area (TPSA) is 0 Å². The molecule has 0 saturated carbocycles. The highest BCUT2D eigenvalue weighted by atomic mass is 79.9. The Morgan fingerprint density at radius 2 is 1.81 bits per heavy atom. The molecule has 0 N–H and O–H groups in total. The lowest BCUT2D eigenvalue weighted by molar-refractivity contribution is -0.283. The van der Waals surface area contributed by atoms with Crippen molar-refractivity contribution in [2.45, 2.75) is 24.4 Å². The lowest BCUT2D eigenvalue weighted by atomic mass is 10.2. The number of hydrogen-bond acceptors (Lipinski definition) is 1. The minimum Gasteiger partial charge on any atom is -0.194 e. The van der Waals surface area contributed by atoms with Gasteiger partial charge in [0.25, 0.3) is 0 Å². The molecule has 0 spiro atoms. The molecule has 0 fully saturated rings. The van der Waals surface area contributed by atoms with E-state index in [0.717, 1.165) is 11.3 Å². The molecule has 92 valence electrons. The molecule has 0 aromatic carbocycles. The van der Waals surface area contributed by atoms with Gasteiger partial charge in [-0.1, -0.05) is 0 Å². The van der Waals surface area contributed by atoms with Crippen molar-refractivity contribution in [2.24, 2.45) is 0 Å². The SMILES string of the molecule is Cc1cc(C(Cl)C(F)(F)C(F)(F)F)sc1Br. The summed E-state index contributed by atoms with van der Waals surface area (Å²) in [4.78, 5) is -0.214. The number of rotatable bonds is 2. The Kier molecular flexibility index (Phi) is 3.92. The van der Waals surface area contributed by atoms with E-state index in [1.54, 1.807) is 6.92 Å². The van der Waals surface area contributed by atoms with Crippen molar-refractivity contribution in [3.63, 3.8) is 0 Å². The summed E-state index contributed by atoms with van der Waals surface area (Å²) in [7, 11) is 0. The highest BCUT2D eigenvalue weighted by Crippen LogP contribution is 2.50. The Morgan fingerprint density at radius 3 is 2.12 bits per heavy atom. The zero-order chi connectivity index (χ0) is 12.7. The summed E-state index contributed by atoms with van der Waals surface area (Å²) in [6.45, 7) is 1.58. The van der Waals surface area contributed by atoms with E-state index < -0.39 is 17.5 Å². The van der Waals surface area contributed by atoms with Crippen molar-refractivity contribution in [1.29, 1.82) is 0 Å². The van der Waals surface area contributed by atoms with Crippen molar-refractivity contribution in [3.8, 4) is 0 Å². The fourth-order valence-electron chi connectivity index (χ4n) is 0.931. The van der Waals surface area contributed by atoms with E-state index >= 15 is 0 Å². The van der Waals surface area contributed by atoms with Crippen molar-refractivity contribution in [2.75, 3.05) is 0 Å². The Morgan fingerprint density at radius 1 is 1.31 bits per heavy atom. The molecule has 1 atom stereocenters. The third-order valence-electron chi connectivity index (χ3n) is 1.82. The molecule has 16 heavy (non-hydrogen) atoms. The number of alkyl halides is 6. The van der Waals surface area contributed by atoms with E-state index in [1.807, 2.05) is 0 Å². The lowest BCUT2D eigenvalue weighted by Crippen LogP contribution is -2.39. The highest BCUT2D eigenvalue weighted by Gasteiger charge is 2.62. The van der Waals surface area contributed by atoms with Gasteiger partial charge in [-0.05, 0) is 34.5 Å². The van der Waals surface area contributed by atoms with Crippen molar-refractivity contribution >= 4 is 38.9 Å². The van der Waals surface area contributed by atoms with Gasteiger partial charge in [0.15, 0.2) is 0 Å². The second-order valence-corrected chi connectivity index (χ2v) is 5.93. The molecule has 1 aromatic rings. The van der Waals surface area contributed by atoms with Crippen LogP contribution in [-0.2, 0) is 0 Å². The van der Waals surface area contributed by atoms with Crippen LogP contribution >= 0.6 is 38.9 Å². The third kappa shape index (κ3) is 2.51. The van der Waals surface area contributed by atoms with Gasteiger partial charge in [-0.15, -0.1) is 22.9 Å². The predicted molar refractivity (Wildman–Crippen MR) is 56.4 cm³/mol. The monoisotopic (exact) mass is 342 g/mol. The average molecular weight is 344 g/mol. The molecule has 0 saturated heterocycles. The minimum absolute atomic E-state index is 0.214. The van der Waals surface area contributed by atoms with Crippen LogP contribution in [-0.4, -0.2) is 12.1 Å². The number of hydrogen-bond donors (Lipinski definition) is 0. The zero-order valence-electron chi connectivity index (χ0n) is 7.71. The fourth-order valence-corrected chi connectivity index (χ4v) is 2.84. The quantitative estimate of drug-likeness (QED) is 0.505. The molecule has 0 bridgehead atoms. The van der Waals surface area contributed by atoms with Crippen LogP contribution in [0.25, 0.3) is 0 Å². The first-order valence-corrected chi connectivity index (χ1v) is 5.96. The van der Waals surface area contributed by atoms with E-state index in [2.05, 4.69) is 15.9 Å². The molecule has 0 aliphatic rings. The summed E-state index contributed by atoms with van der Waals surface area (Å²) in [6, 6.07) is 1.21. The molecule has 0 aliphatic carbocycles. The largest absolute Gasteiger partial charge is 0.455 e. The van der Waals surface area contributed by atoms with Gasteiger partial charge in [0.1, 0.15) is 5.38 Å². The molecule has 1 unspecified atom stereocenters. The standard InChI is InChI=1S/C8H5BrClF5S/c1-3-2-4(16-6(3)9)5(10)7(11,12)8(13,14)15/h2,5H,1H3. The summed E-state index contributed by atoms with van der Waals surface area (Å²) in [5, 5.41) is -2.40. The van der Waals surface area contributed by atoms with Crippen LogP contribution in [0.2, 0.25) is 0 Å². The van der Waals surface area contributed by atoms with Gasteiger partial charge in [0.2, 0.25) is 0 Å². The maximum atomic E-state index is 12.9. The van der Waals surface area contributed by atoms with Crippen LogP contribution in [0.5, 0.6) is 0 Å². The van der Waals surface area contributed by atoms with Crippen LogP contribution in [0.4, 0.5) is 22.0 Å². The lowest BCUT2D eigenvalue weighted by Gasteiger charge is -2.23. The van der Waals surface area contributed by atoms with Gasteiger partial charge in [0.05, 0.1) is 3.79 Å². The molecule has 1 rings (SSSR count). The van der Waals surface area contributed by atoms with E-state index in [9.17, 15) is 22.0 Å². The molecule has 8 heteroatoms. The maximum Gasteiger partial charge on any atom is 0.455 e. The Balaban J connectivity index is 3.07. The summed E-state index contributed by atoms with van der Waals surface area (Å²) >= 11 is 8.99. The molecule has 0 amide bonds. The molecule has 0 aliphatic heterocycles. The Bertz CT molecular complexity index is 367. The van der Waals surface area contributed by atoms with E-state index in [0.29, 0.717) is 9.35 Å². The molecular weight excluding hydrogens is 339 g/mol. The van der Waals surface area contributed by atoms with Gasteiger partial charge in [-0.3, -0.25) is 0 Å². The third-order valence-corrected chi connectivity index (χ3v) is 4.66. The minimum atomic E-state index is -5.65. The van der Waals surface area contributed by atoms with E-state index in [1.165, 1.54) is 6.07 Å². The van der Waals surface area contributed by atoms with Crippen LogP contribution in [0.3, 0.4) is 0 Å². The molecule has 1 heterocycles. The number of thiophene rings is 1. The fraction of sp³-hybridized carbons (Fsp3) is 0.500. The summed E-state index contributed by atoms with van der Waals surface area (Å²) < 4.78 is 62.4.